The van der Waals surface area contributed by atoms with Crippen LogP contribution in [0.15, 0.2) is 24.3 Å². The lowest BCUT2D eigenvalue weighted by atomic mass is 9.89. The minimum absolute atomic E-state index is 0.439. The van der Waals surface area contributed by atoms with Crippen LogP contribution in [0.2, 0.25) is 0 Å². The molecule has 3 rings (SSSR count). The van der Waals surface area contributed by atoms with Crippen LogP contribution in [0.5, 0.6) is 0 Å². The summed E-state index contributed by atoms with van der Waals surface area (Å²) >= 11 is 0. The predicted octanol–water partition coefficient (Wildman–Crippen LogP) is 2.56. The fourth-order valence-electron chi connectivity index (χ4n) is 2.51. The topological polar surface area (TPSA) is 77.6 Å². The van der Waals surface area contributed by atoms with Gasteiger partial charge in [0.05, 0.1) is 0 Å². The SMILES string of the molecule is Nc1ccc(-c2nnc(C3CCCCC3)nn2)cc1. The van der Waals surface area contributed by atoms with E-state index in [1.807, 2.05) is 24.3 Å². The third kappa shape index (κ3) is 2.70. The van der Waals surface area contributed by atoms with Gasteiger partial charge in [0, 0.05) is 17.2 Å². The maximum absolute atomic E-state index is 5.65. The normalized spacial score (nSPS) is 16.4. The summed E-state index contributed by atoms with van der Waals surface area (Å²) in [6.45, 7) is 0. The molecule has 0 bridgehead atoms. The number of hydrogen-bond acceptors (Lipinski definition) is 5. The van der Waals surface area contributed by atoms with Crippen LogP contribution >= 0.6 is 0 Å². The lowest BCUT2D eigenvalue weighted by Gasteiger charge is -2.18. The maximum atomic E-state index is 5.65. The Bertz CT molecular complexity index is 529. The Morgan fingerprint density at radius 1 is 0.842 bits per heavy atom. The molecule has 1 aromatic heterocycles. The molecule has 0 amide bonds. The van der Waals surface area contributed by atoms with Gasteiger partial charge in [-0.15, -0.1) is 20.4 Å². The van der Waals surface area contributed by atoms with Gasteiger partial charge in [-0.1, -0.05) is 19.3 Å². The molecule has 0 saturated heterocycles. The van der Waals surface area contributed by atoms with Crippen LogP contribution in [0.3, 0.4) is 0 Å². The Morgan fingerprint density at radius 3 is 2.11 bits per heavy atom. The Morgan fingerprint density at radius 2 is 1.47 bits per heavy atom. The molecule has 19 heavy (non-hydrogen) atoms. The molecule has 1 saturated carbocycles. The summed E-state index contributed by atoms with van der Waals surface area (Å²) in [4.78, 5) is 0. The number of benzene rings is 1. The highest BCUT2D eigenvalue weighted by Crippen LogP contribution is 2.30. The highest BCUT2D eigenvalue weighted by Gasteiger charge is 2.19. The van der Waals surface area contributed by atoms with Crippen molar-refractivity contribution in [3.8, 4) is 11.4 Å². The van der Waals surface area contributed by atoms with Gasteiger partial charge in [-0.2, -0.15) is 0 Å². The van der Waals surface area contributed by atoms with E-state index in [1.54, 1.807) is 0 Å². The summed E-state index contributed by atoms with van der Waals surface area (Å²) in [6, 6.07) is 7.42. The standard InChI is InChI=1S/C14H17N5/c15-12-8-6-11(7-9-12)14-18-16-13(17-19-14)10-4-2-1-3-5-10/h6-10H,1-5,15H2. The molecule has 1 aliphatic carbocycles. The van der Waals surface area contributed by atoms with E-state index in [-0.39, 0.29) is 0 Å². The minimum atomic E-state index is 0.439. The fraction of sp³-hybridized carbons (Fsp3) is 0.429. The van der Waals surface area contributed by atoms with Crippen molar-refractivity contribution in [2.24, 2.45) is 0 Å². The number of aromatic nitrogens is 4. The van der Waals surface area contributed by atoms with E-state index in [1.165, 1.54) is 19.3 Å². The average Bonchev–Trinajstić information content (AvgIpc) is 2.49. The number of nitrogens with zero attached hydrogens (tertiary/aromatic N) is 4. The molecule has 0 spiro atoms. The number of nitrogen functional groups attached to an aromatic ring is 1. The molecular formula is C14H17N5. The van der Waals surface area contributed by atoms with Crippen molar-refractivity contribution in [2.75, 3.05) is 5.73 Å². The largest absolute Gasteiger partial charge is 0.399 e. The highest BCUT2D eigenvalue weighted by atomic mass is 15.3. The second-order valence-electron chi connectivity index (χ2n) is 5.04. The molecule has 98 valence electrons. The molecule has 5 heteroatoms. The molecule has 1 heterocycles. The van der Waals surface area contributed by atoms with Crippen LogP contribution in [0, 0.1) is 0 Å². The number of nitrogens with two attached hydrogens (primary N) is 1. The summed E-state index contributed by atoms with van der Waals surface area (Å²) in [5.41, 5.74) is 7.27. The molecule has 0 atom stereocenters. The third-order valence-corrected chi connectivity index (χ3v) is 3.63. The van der Waals surface area contributed by atoms with Gasteiger partial charge in [0.2, 0.25) is 5.82 Å². The van der Waals surface area contributed by atoms with Crippen LogP contribution in [0.25, 0.3) is 11.4 Å². The van der Waals surface area contributed by atoms with Crippen molar-refractivity contribution < 1.29 is 0 Å². The zero-order chi connectivity index (χ0) is 13.1. The summed E-state index contributed by atoms with van der Waals surface area (Å²) in [5, 5.41) is 16.9. The Balaban J connectivity index is 1.80. The van der Waals surface area contributed by atoms with E-state index in [2.05, 4.69) is 20.4 Å². The van der Waals surface area contributed by atoms with E-state index in [4.69, 9.17) is 5.73 Å². The summed E-state index contributed by atoms with van der Waals surface area (Å²) in [5.74, 6) is 1.78. The van der Waals surface area contributed by atoms with Crippen molar-refractivity contribution >= 4 is 5.69 Å². The molecule has 1 fully saturated rings. The quantitative estimate of drug-likeness (QED) is 0.834. The van der Waals surface area contributed by atoms with Gasteiger partial charge >= 0.3 is 0 Å². The monoisotopic (exact) mass is 255 g/mol. The first-order valence-electron chi connectivity index (χ1n) is 6.76. The molecular weight excluding hydrogens is 238 g/mol. The zero-order valence-electron chi connectivity index (χ0n) is 10.8. The predicted molar refractivity (Wildman–Crippen MR) is 73.3 cm³/mol. The molecule has 1 aromatic carbocycles. The smallest absolute Gasteiger partial charge is 0.203 e. The number of rotatable bonds is 2. The molecule has 1 aliphatic rings. The van der Waals surface area contributed by atoms with Crippen LogP contribution < -0.4 is 5.73 Å². The first-order chi connectivity index (χ1) is 9.33. The van der Waals surface area contributed by atoms with Gasteiger partial charge < -0.3 is 5.73 Å². The van der Waals surface area contributed by atoms with Gasteiger partial charge in [0.15, 0.2) is 5.82 Å². The second-order valence-corrected chi connectivity index (χ2v) is 5.04. The van der Waals surface area contributed by atoms with Crippen LogP contribution in [0.4, 0.5) is 5.69 Å². The highest BCUT2D eigenvalue weighted by molar-refractivity contribution is 5.57. The molecule has 0 radical (unpaired) electrons. The Kier molecular flexibility index (Phi) is 3.35. The maximum Gasteiger partial charge on any atom is 0.203 e. The van der Waals surface area contributed by atoms with E-state index in [0.29, 0.717) is 11.7 Å². The lowest BCUT2D eigenvalue weighted by Crippen LogP contribution is -2.11. The van der Waals surface area contributed by atoms with Crippen molar-refractivity contribution in [3.63, 3.8) is 0 Å². The van der Waals surface area contributed by atoms with E-state index >= 15 is 0 Å². The van der Waals surface area contributed by atoms with Crippen molar-refractivity contribution in [3.05, 3.63) is 30.1 Å². The first-order valence-corrected chi connectivity index (χ1v) is 6.76. The van der Waals surface area contributed by atoms with Gasteiger partial charge in [-0.3, -0.25) is 0 Å². The van der Waals surface area contributed by atoms with Crippen LogP contribution in [-0.4, -0.2) is 20.4 Å². The summed E-state index contributed by atoms with van der Waals surface area (Å²) in [6.07, 6.45) is 6.15. The summed E-state index contributed by atoms with van der Waals surface area (Å²) in [7, 11) is 0. The van der Waals surface area contributed by atoms with Gasteiger partial charge in [-0.25, -0.2) is 0 Å². The Labute approximate surface area is 112 Å². The van der Waals surface area contributed by atoms with Gasteiger partial charge in [-0.05, 0) is 37.1 Å². The lowest BCUT2D eigenvalue weighted by molar-refractivity contribution is 0.421. The van der Waals surface area contributed by atoms with E-state index in [9.17, 15) is 0 Å². The Hall–Kier alpha value is -2.04. The van der Waals surface area contributed by atoms with E-state index in [0.717, 1.165) is 29.9 Å². The minimum Gasteiger partial charge on any atom is -0.399 e. The molecule has 2 aromatic rings. The zero-order valence-corrected chi connectivity index (χ0v) is 10.8. The van der Waals surface area contributed by atoms with E-state index < -0.39 is 0 Å². The average molecular weight is 255 g/mol. The third-order valence-electron chi connectivity index (χ3n) is 3.63. The first kappa shape index (κ1) is 12.0. The van der Waals surface area contributed by atoms with Crippen LogP contribution in [0.1, 0.15) is 43.8 Å². The summed E-state index contributed by atoms with van der Waals surface area (Å²) < 4.78 is 0. The number of hydrogen-bond donors (Lipinski definition) is 1. The second kappa shape index (κ2) is 5.30. The van der Waals surface area contributed by atoms with Crippen molar-refractivity contribution in [2.45, 2.75) is 38.0 Å². The molecule has 0 unspecified atom stereocenters. The number of anilines is 1. The van der Waals surface area contributed by atoms with Crippen molar-refractivity contribution in [1.29, 1.82) is 0 Å². The molecule has 2 N–H and O–H groups in total. The fourth-order valence-corrected chi connectivity index (χ4v) is 2.51. The molecule has 0 aliphatic heterocycles. The van der Waals surface area contributed by atoms with Crippen LogP contribution in [-0.2, 0) is 0 Å². The van der Waals surface area contributed by atoms with Gasteiger partial charge in [0.25, 0.3) is 0 Å². The molecule has 5 nitrogen and oxygen atoms in total. The van der Waals surface area contributed by atoms with Crippen molar-refractivity contribution in [1.82, 2.24) is 20.4 Å². The van der Waals surface area contributed by atoms with Gasteiger partial charge in [0.1, 0.15) is 0 Å².